The van der Waals surface area contributed by atoms with Gasteiger partial charge in [0.25, 0.3) is 0 Å². The number of carboxylic acids is 1. The zero-order valence-corrected chi connectivity index (χ0v) is 8.13. The van der Waals surface area contributed by atoms with E-state index in [2.05, 4.69) is 20.5 Å². The van der Waals surface area contributed by atoms with Crippen LogP contribution in [0, 0.1) is 0 Å². The molecule has 1 aromatic heterocycles. The van der Waals surface area contributed by atoms with Gasteiger partial charge in [-0.05, 0) is 19.3 Å². The van der Waals surface area contributed by atoms with E-state index in [1.54, 1.807) is 6.20 Å². The van der Waals surface area contributed by atoms with Crippen LogP contribution in [-0.2, 0) is 4.79 Å². The van der Waals surface area contributed by atoms with Crippen molar-refractivity contribution >= 4 is 5.97 Å². The van der Waals surface area contributed by atoms with Gasteiger partial charge in [-0.1, -0.05) is 0 Å². The molecule has 1 aliphatic rings. The summed E-state index contributed by atoms with van der Waals surface area (Å²) in [6.45, 7) is 0. The molecule has 1 fully saturated rings. The third-order valence-electron chi connectivity index (χ3n) is 2.50. The van der Waals surface area contributed by atoms with Crippen LogP contribution in [-0.4, -0.2) is 32.3 Å². The van der Waals surface area contributed by atoms with Crippen molar-refractivity contribution in [2.45, 2.75) is 31.3 Å². The zero-order valence-electron chi connectivity index (χ0n) is 8.13. The van der Waals surface area contributed by atoms with Gasteiger partial charge in [0.1, 0.15) is 6.04 Å². The minimum atomic E-state index is -0.816. The van der Waals surface area contributed by atoms with Crippen molar-refractivity contribution in [3.05, 3.63) is 18.2 Å². The highest BCUT2D eigenvalue weighted by molar-refractivity contribution is 5.73. The van der Waals surface area contributed by atoms with Crippen molar-refractivity contribution in [2.75, 3.05) is 0 Å². The molecule has 2 heterocycles. The van der Waals surface area contributed by atoms with E-state index < -0.39 is 12.0 Å². The lowest BCUT2D eigenvalue weighted by Crippen LogP contribution is -2.42. The monoisotopic (exact) mass is 208 g/mol. The lowest BCUT2D eigenvalue weighted by atomic mass is 9.98. The second kappa shape index (κ2) is 4.31. The summed E-state index contributed by atoms with van der Waals surface area (Å²) < 4.78 is 0. The van der Waals surface area contributed by atoms with Gasteiger partial charge < -0.3 is 5.11 Å². The van der Waals surface area contributed by atoms with Gasteiger partial charge in [-0.2, -0.15) is 5.10 Å². The van der Waals surface area contributed by atoms with E-state index >= 15 is 0 Å². The fourth-order valence-corrected chi connectivity index (χ4v) is 1.75. The Hall–Kier alpha value is -1.56. The van der Waals surface area contributed by atoms with Crippen molar-refractivity contribution < 1.29 is 9.90 Å². The Kier molecular flexibility index (Phi) is 2.86. The molecule has 0 bridgehead atoms. The molecule has 0 radical (unpaired) electrons. The van der Waals surface area contributed by atoms with E-state index in [1.165, 1.54) is 6.20 Å². The third-order valence-corrected chi connectivity index (χ3v) is 2.50. The summed E-state index contributed by atoms with van der Waals surface area (Å²) in [6.07, 6.45) is 5.45. The first-order valence-corrected chi connectivity index (χ1v) is 4.90. The molecule has 0 aromatic carbocycles. The Balaban J connectivity index is 2.08. The molecule has 1 saturated heterocycles. The van der Waals surface area contributed by atoms with Crippen molar-refractivity contribution in [2.24, 2.45) is 0 Å². The molecule has 0 aliphatic carbocycles. The lowest BCUT2D eigenvalue weighted by molar-refractivity contribution is -0.140. The number of nitrogens with zero attached hydrogens (tertiary/aromatic N) is 3. The number of aromatic nitrogens is 3. The van der Waals surface area contributed by atoms with Crippen LogP contribution in [0.4, 0.5) is 0 Å². The van der Waals surface area contributed by atoms with Crippen LogP contribution in [0.3, 0.4) is 0 Å². The number of nitrogens with one attached hydrogen (secondary N) is 1. The van der Waals surface area contributed by atoms with Crippen molar-refractivity contribution in [1.29, 1.82) is 0 Å². The maximum absolute atomic E-state index is 10.8. The summed E-state index contributed by atoms with van der Waals surface area (Å²) in [7, 11) is 0. The van der Waals surface area contributed by atoms with Gasteiger partial charge in [0.05, 0.1) is 12.2 Å². The molecule has 1 aromatic rings. The average Bonchev–Trinajstić information content (AvgIpc) is 2.30. The maximum atomic E-state index is 10.8. The summed E-state index contributed by atoms with van der Waals surface area (Å²) in [6, 6.07) is -0.582. The molecule has 2 unspecified atom stereocenters. The Morgan fingerprint density at radius 2 is 2.33 bits per heavy atom. The van der Waals surface area contributed by atoms with Gasteiger partial charge in [0.2, 0.25) is 0 Å². The second-order valence-corrected chi connectivity index (χ2v) is 3.54. The van der Waals surface area contributed by atoms with Gasteiger partial charge in [-0.25, -0.2) is 4.98 Å². The summed E-state index contributed by atoms with van der Waals surface area (Å²) in [5, 5.41) is 19.5. The van der Waals surface area contributed by atoms with Crippen LogP contribution in [0.5, 0.6) is 0 Å². The molecule has 6 heteroatoms. The largest absolute Gasteiger partial charge is 0.480 e. The van der Waals surface area contributed by atoms with Crippen LogP contribution in [0.1, 0.15) is 31.1 Å². The summed E-state index contributed by atoms with van der Waals surface area (Å²) in [4.78, 5) is 14.9. The van der Waals surface area contributed by atoms with Crippen LogP contribution >= 0.6 is 0 Å². The summed E-state index contributed by atoms with van der Waals surface area (Å²) >= 11 is 0. The first kappa shape index (κ1) is 9.97. The first-order chi connectivity index (χ1) is 7.27. The topological polar surface area (TPSA) is 88.0 Å². The highest BCUT2D eigenvalue weighted by Crippen LogP contribution is 2.22. The fraction of sp³-hybridized carbons (Fsp3) is 0.556. The van der Waals surface area contributed by atoms with E-state index in [0.717, 1.165) is 12.8 Å². The fourth-order valence-electron chi connectivity index (χ4n) is 1.75. The van der Waals surface area contributed by atoms with Gasteiger partial charge >= 0.3 is 5.97 Å². The van der Waals surface area contributed by atoms with Gasteiger partial charge in [0.15, 0.2) is 5.82 Å². The molecule has 80 valence electrons. The summed E-state index contributed by atoms with van der Waals surface area (Å²) in [5.41, 5.74) is 0. The highest BCUT2D eigenvalue weighted by Gasteiger charge is 2.28. The molecule has 1 aliphatic heterocycles. The molecular formula is C9H12N4O2. The van der Waals surface area contributed by atoms with Crippen LogP contribution in [0.15, 0.2) is 12.4 Å². The quantitative estimate of drug-likeness (QED) is 0.718. The Morgan fingerprint density at radius 1 is 1.47 bits per heavy atom. The number of hydrogen-bond acceptors (Lipinski definition) is 5. The molecule has 15 heavy (non-hydrogen) atoms. The number of carbonyl (C=O) groups is 1. The van der Waals surface area contributed by atoms with E-state index in [4.69, 9.17) is 5.11 Å². The van der Waals surface area contributed by atoms with Crippen molar-refractivity contribution in [1.82, 2.24) is 20.5 Å². The minimum Gasteiger partial charge on any atom is -0.480 e. The number of hydrogen-bond donors (Lipinski definition) is 2. The molecule has 0 spiro atoms. The van der Waals surface area contributed by atoms with Crippen molar-refractivity contribution in [3.63, 3.8) is 0 Å². The molecular weight excluding hydrogens is 196 g/mol. The Morgan fingerprint density at radius 3 is 3.00 bits per heavy atom. The molecule has 2 N–H and O–H groups in total. The van der Waals surface area contributed by atoms with Crippen molar-refractivity contribution in [3.8, 4) is 0 Å². The molecule has 0 saturated carbocycles. The maximum Gasteiger partial charge on any atom is 0.320 e. The Labute approximate surface area is 86.7 Å². The SMILES string of the molecule is O=C(O)C1CCCC(c2nccnn2)N1. The Bertz CT molecular complexity index is 343. The minimum absolute atomic E-state index is 0.0893. The number of aliphatic carboxylic acids is 1. The van der Waals surface area contributed by atoms with E-state index in [1.807, 2.05) is 0 Å². The lowest BCUT2D eigenvalue weighted by Gasteiger charge is -2.26. The van der Waals surface area contributed by atoms with E-state index in [9.17, 15) is 4.79 Å². The van der Waals surface area contributed by atoms with Crippen LogP contribution < -0.4 is 5.32 Å². The number of rotatable bonds is 2. The van der Waals surface area contributed by atoms with Crippen LogP contribution in [0.25, 0.3) is 0 Å². The molecule has 0 amide bonds. The molecule has 2 rings (SSSR count). The number of piperidine rings is 1. The average molecular weight is 208 g/mol. The third kappa shape index (κ3) is 2.27. The van der Waals surface area contributed by atoms with Gasteiger partial charge in [0, 0.05) is 6.20 Å². The van der Waals surface area contributed by atoms with Gasteiger partial charge in [-0.3, -0.25) is 10.1 Å². The normalized spacial score (nSPS) is 26.1. The first-order valence-electron chi connectivity index (χ1n) is 4.90. The predicted molar refractivity (Wildman–Crippen MR) is 51.0 cm³/mol. The zero-order chi connectivity index (χ0) is 10.7. The molecule has 2 atom stereocenters. The molecule has 6 nitrogen and oxygen atoms in total. The van der Waals surface area contributed by atoms with Gasteiger partial charge in [-0.15, -0.1) is 5.10 Å². The van der Waals surface area contributed by atoms with Crippen LogP contribution in [0.2, 0.25) is 0 Å². The highest BCUT2D eigenvalue weighted by atomic mass is 16.4. The summed E-state index contributed by atoms with van der Waals surface area (Å²) in [5.74, 6) is -0.243. The number of carboxylic acid groups (broad SMARTS) is 1. The second-order valence-electron chi connectivity index (χ2n) is 3.54. The smallest absolute Gasteiger partial charge is 0.320 e. The van der Waals surface area contributed by atoms with E-state index in [0.29, 0.717) is 12.2 Å². The standard InChI is InChI=1S/C9H12N4O2/c14-9(15)7-3-1-2-6(12-7)8-10-4-5-11-13-8/h4-7,12H,1-3H2,(H,14,15). The predicted octanol–water partition coefficient (Wildman–Crippen LogP) is 0.139. The van der Waals surface area contributed by atoms with E-state index in [-0.39, 0.29) is 6.04 Å².